The van der Waals surface area contributed by atoms with Crippen LogP contribution in [0.4, 0.5) is 0 Å². The van der Waals surface area contributed by atoms with Crippen molar-refractivity contribution in [3.8, 4) is 0 Å². The Morgan fingerprint density at radius 3 is 1.30 bits per heavy atom. The van der Waals surface area contributed by atoms with Gasteiger partial charge in [-0.15, -0.1) is 0 Å². The summed E-state index contributed by atoms with van der Waals surface area (Å²) in [7, 11) is 0. The lowest BCUT2D eigenvalue weighted by Crippen LogP contribution is -2.17. The van der Waals surface area contributed by atoms with Gasteiger partial charge in [0, 0.05) is 13.0 Å². The molecule has 0 aromatic carbocycles. The smallest absolute Gasteiger partial charge is 0.372 e. The van der Waals surface area contributed by atoms with Crippen LogP contribution in [0, 0.1) is 0 Å². The van der Waals surface area contributed by atoms with E-state index in [1.807, 2.05) is 0 Å². The van der Waals surface area contributed by atoms with Crippen LogP contribution >= 0.6 is 0 Å². The molecule has 0 bridgehead atoms. The molecular weight excluding hydrogens is 480 g/mol. The Bertz CT molecular complexity index is 540. The first kappa shape index (κ1) is 35.5. The zero-order chi connectivity index (χ0) is 27.2. The van der Waals surface area contributed by atoms with E-state index in [1.165, 1.54) is 77.0 Å². The van der Waals surface area contributed by atoms with Crippen LogP contribution < -0.4 is 0 Å². The van der Waals surface area contributed by atoms with Crippen LogP contribution in [-0.4, -0.2) is 82.3 Å². The molecule has 218 valence electrons. The largest absolute Gasteiger partial charge is 0.476 e. The third-order valence-electron chi connectivity index (χ3n) is 5.79. The highest BCUT2D eigenvalue weighted by atomic mass is 16.6. The standard InChI is InChI=1S/C28H52O9/c1-2-3-4-5-6-7-8-9-10-11-12-13-14-17-33-18-19-34-20-21-35-22-23-36-24-25-37-27(30)16-15-26(29)28(31)32/h2-25H2,1H3,(H,31,32). The van der Waals surface area contributed by atoms with Gasteiger partial charge >= 0.3 is 11.9 Å². The van der Waals surface area contributed by atoms with E-state index in [4.69, 9.17) is 28.8 Å². The van der Waals surface area contributed by atoms with Crippen molar-refractivity contribution >= 4 is 17.7 Å². The van der Waals surface area contributed by atoms with Crippen LogP contribution in [0.25, 0.3) is 0 Å². The lowest BCUT2D eigenvalue weighted by Gasteiger charge is -2.08. The molecule has 0 saturated heterocycles. The molecule has 1 N–H and O–H groups in total. The number of rotatable bonds is 30. The Morgan fingerprint density at radius 2 is 0.865 bits per heavy atom. The molecular formula is C28H52O9. The van der Waals surface area contributed by atoms with Crippen LogP contribution in [0.2, 0.25) is 0 Å². The summed E-state index contributed by atoms with van der Waals surface area (Å²) >= 11 is 0. The number of unbranched alkanes of at least 4 members (excludes halogenated alkanes) is 12. The normalized spacial score (nSPS) is 11.1. The molecule has 9 nitrogen and oxygen atoms in total. The average molecular weight is 533 g/mol. The molecule has 0 aliphatic heterocycles. The van der Waals surface area contributed by atoms with E-state index in [1.54, 1.807) is 0 Å². The maximum atomic E-state index is 11.3. The molecule has 0 saturated carbocycles. The highest BCUT2D eigenvalue weighted by Crippen LogP contribution is 2.12. The van der Waals surface area contributed by atoms with Gasteiger partial charge in [-0.1, -0.05) is 84.0 Å². The first-order valence-corrected chi connectivity index (χ1v) is 14.3. The Kier molecular flexibility index (Phi) is 27.8. The van der Waals surface area contributed by atoms with E-state index in [0.29, 0.717) is 39.6 Å². The van der Waals surface area contributed by atoms with E-state index >= 15 is 0 Å². The Balaban J connectivity index is 3.13. The number of carboxylic acids is 1. The molecule has 0 rings (SSSR count). The zero-order valence-electron chi connectivity index (χ0n) is 23.2. The highest BCUT2D eigenvalue weighted by Gasteiger charge is 2.14. The molecule has 0 heterocycles. The van der Waals surface area contributed by atoms with Crippen LogP contribution in [0.5, 0.6) is 0 Å². The van der Waals surface area contributed by atoms with Gasteiger partial charge in [0.2, 0.25) is 5.78 Å². The number of ketones is 1. The third-order valence-corrected chi connectivity index (χ3v) is 5.79. The Hall–Kier alpha value is -1.55. The second-order valence-electron chi connectivity index (χ2n) is 9.14. The van der Waals surface area contributed by atoms with Gasteiger partial charge in [-0.05, 0) is 6.42 Å². The van der Waals surface area contributed by atoms with Crippen LogP contribution in [0.1, 0.15) is 103 Å². The quantitative estimate of drug-likeness (QED) is 0.0764. The maximum Gasteiger partial charge on any atom is 0.372 e. The van der Waals surface area contributed by atoms with Crippen molar-refractivity contribution in [3.63, 3.8) is 0 Å². The minimum absolute atomic E-state index is 0.0442. The van der Waals surface area contributed by atoms with Gasteiger partial charge in [0.1, 0.15) is 6.61 Å². The van der Waals surface area contributed by atoms with Crippen molar-refractivity contribution in [1.29, 1.82) is 0 Å². The number of carbonyl (C=O) groups is 3. The van der Waals surface area contributed by atoms with Crippen molar-refractivity contribution in [3.05, 3.63) is 0 Å². The second kappa shape index (κ2) is 29.0. The van der Waals surface area contributed by atoms with E-state index in [0.717, 1.165) is 13.0 Å². The predicted molar refractivity (Wildman–Crippen MR) is 142 cm³/mol. The highest BCUT2D eigenvalue weighted by molar-refractivity contribution is 6.32. The maximum absolute atomic E-state index is 11.3. The van der Waals surface area contributed by atoms with E-state index in [2.05, 4.69) is 6.92 Å². The number of Topliss-reactive ketones (excluding diaryl/α,β-unsaturated/α-hetero) is 1. The molecule has 0 spiro atoms. The number of aliphatic carboxylic acids is 1. The number of carboxylic acid groups (broad SMARTS) is 1. The van der Waals surface area contributed by atoms with Gasteiger partial charge in [-0.2, -0.15) is 0 Å². The summed E-state index contributed by atoms with van der Waals surface area (Å²) in [6.07, 6.45) is 16.9. The number of carbonyl (C=O) groups excluding carboxylic acids is 2. The summed E-state index contributed by atoms with van der Waals surface area (Å²) < 4.78 is 26.6. The van der Waals surface area contributed by atoms with Crippen molar-refractivity contribution in [2.45, 2.75) is 103 Å². The summed E-state index contributed by atoms with van der Waals surface area (Å²) in [6.45, 7) is 6.19. The van der Waals surface area contributed by atoms with Gasteiger partial charge in [0.05, 0.1) is 52.7 Å². The van der Waals surface area contributed by atoms with Crippen molar-refractivity contribution < 1.29 is 43.2 Å². The number of esters is 1. The third kappa shape index (κ3) is 28.9. The summed E-state index contributed by atoms with van der Waals surface area (Å²) in [6, 6.07) is 0. The fourth-order valence-electron chi connectivity index (χ4n) is 3.59. The summed E-state index contributed by atoms with van der Waals surface area (Å²) in [5.41, 5.74) is 0. The topological polar surface area (TPSA) is 118 Å². The monoisotopic (exact) mass is 532 g/mol. The van der Waals surface area contributed by atoms with E-state index < -0.39 is 17.7 Å². The Labute approximate surface area is 223 Å². The number of ether oxygens (including phenoxy) is 5. The minimum atomic E-state index is -1.55. The average Bonchev–Trinajstić information content (AvgIpc) is 2.89. The fourth-order valence-corrected chi connectivity index (χ4v) is 3.59. The van der Waals surface area contributed by atoms with E-state index in [9.17, 15) is 14.4 Å². The molecule has 0 amide bonds. The van der Waals surface area contributed by atoms with Gasteiger partial charge < -0.3 is 28.8 Å². The number of hydrogen-bond acceptors (Lipinski definition) is 8. The summed E-state index contributed by atoms with van der Waals surface area (Å²) in [5.74, 6) is -3.18. The summed E-state index contributed by atoms with van der Waals surface area (Å²) in [4.78, 5) is 32.6. The molecule has 37 heavy (non-hydrogen) atoms. The van der Waals surface area contributed by atoms with Crippen molar-refractivity contribution in [2.24, 2.45) is 0 Å². The molecule has 0 aromatic heterocycles. The molecule has 0 aliphatic carbocycles. The second-order valence-corrected chi connectivity index (χ2v) is 9.14. The van der Waals surface area contributed by atoms with Gasteiger partial charge in [0.25, 0.3) is 0 Å². The molecule has 0 aliphatic rings. The van der Waals surface area contributed by atoms with Crippen molar-refractivity contribution in [2.75, 3.05) is 59.5 Å². The van der Waals surface area contributed by atoms with Crippen LogP contribution in [-0.2, 0) is 38.1 Å². The molecule has 9 heteroatoms. The zero-order valence-corrected chi connectivity index (χ0v) is 23.2. The minimum Gasteiger partial charge on any atom is -0.476 e. The predicted octanol–water partition coefficient (Wildman–Crippen LogP) is 5.12. The molecule has 0 radical (unpaired) electrons. The lowest BCUT2D eigenvalue weighted by atomic mass is 10.0. The van der Waals surface area contributed by atoms with Crippen molar-refractivity contribution in [1.82, 2.24) is 0 Å². The molecule has 0 aromatic rings. The van der Waals surface area contributed by atoms with Crippen LogP contribution in [0.3, 0.4) is 0 Å². The summed E-state index contributed by atoms with van der Waals surface area (Å²) in [5, 5.41) is 8.43. The van der Waals surface area contributed by atoms with Gasteiger partial charge in [0.15, 0.2) is 0 Å². The van der Waals surface area contributed by atoms with E-state index in [-0.39, 0.29) is 26.1 Å². The van der Waals surface area contributed by atoms with Crippen LogP contribution in [0.15, 0.2) is 0 Å². The molecule has 0 atom stereocenters. The SMILES string of the molecule is CCCCCCCCCCCCCCCOCCOCCOCCOCCOC(=O)CCC(=O)C(=O)O. The van der Waals surface area contributed by atoms with Gasteiger partial charge in [-0.25, -0.2) is 4.79 Å². The first-order valence-electron chi connectivity index (χ1n) is 14.3. The molecule has 0 fully saturated rings. The molecule has 0 unspecified atom stereocenters. The number of hydrogen-bond donors (Lipinski definition) is 1. The lowest BCUT2D eigenvalue weighted by molar-refractivity contribution is -0.151. The first-order chi connectivity index (χ1) is 18.1. The fraction of sp³-hybridized carbons (Fsp3) is 0.893. The Morgan fingerprint density at radius 1 is 0.486 bits per heavy atom. The van der Waals surface area contributed by atoms with Gasteiger partial charge in [-0.3, -0.25) is 9.59 Å².